The van der Waals surface area contributed by atoms with E-state index in [9.17, 15) is 14.0 Å². The number of hydrogen-bond donors (Lipinski definition) is 0. The van der Waals surface area contributed by atoms with E-state index in [2.05, 4.69) is 31.9 Å². The largest absolute Gasteiger partial charge is 0.492 e. The maximum absolute atomic E-state index is 14.0. The van der Waals surface area contributed by atoms with Crippen LogP contribution in [0.4, 0.5) is 4.39 Å². The Balaban J connectivity index is 1.83. The van der Waals surface area contributed by atoms with Gasteiger partial charge in [-0.25, -0.2) is 14.2 Å². The number of benzene rings is 3. The third kappa shape index (κ3) is 5.48. The van der Waals surface area contributed by atoms with Crippen molar-refractivity contribution in [3.63, 3.8) is 0 Å². The minimum absolute atomic E-state index is 0.142. The molecule has 5 rings (SSSR count). The van der Waals surface area contributed by atoms with Crippen LogP contribution in [-0.4, -0.2) is 23.8 Å². The highest BCUT2D eigenvalue weighted by molar-refractivity contribution is 9.11. The molecule has 4 aromatic rings. The fraction of sp³-hybridized carbons (Fsp3) is 0.167. The van der Waals surface area contributed by atoms with E-state index in [1.807, 2.05) is 49.4 Å². The zero-order valence-corrected chi connectivity index (χ0v) is 25.5. The Hall–Kier alpha value is -3.34. The van der Waals surface area contributed by atoms with Gasteiger partial charge in [0.1, 0.15) is 11.6 Å². The van der Waals surface area contributed by atoms with Gasteiger partial charge in [-0.15, -0.1) is 0 Å². The minimum atomic E-state index is -0.881. The van der Waals surface area contributed by atoms with Gasteiger partial charge < -0.3 is 9.47 Å². The van der Waals surface area contributed by atoms with E-state index in [4.69, 9.17) is 14.5 Å². The molecule has 1 atom stereocenters. The molecule has 0 saturated heterocycles. The second-order valence-electron chi connectivity index (χ2n) is 8.72. The third-order valence-corrected chi connectivity index (χ3v) is 8.20. The van der Waals surface area contributed by atoms with Crippen LogP contribution in [0.2, 0.25) is 0 Å². The maximum atomic E-state index is 14.0. The number of hydrogen-bond acceptors (Lipinski definition) is 6. The van der Waals surface area contributed by atoms with Crippen LogP contribution < -0.4 is 19.6 Å². The van der Waals surface area contributed by atoms with Crippen molar-refractivity contribution in [2.24, 2.45) is 4.99 Å². The molecule has 0 N–H and O–H groups in total. The number of carbonyl (C=O) groups is 1. The summed E-state index contributed by atoms with van der Waals surface area (Å²) in [5.41, 5.74) is 2.22. The van der Waals surface area contributed by atoms with E-state index in [1.165, 1.54) is 28.0 Å². The van der Waals surface area contributed by atoms with Gasteiger partial charge >= 0.3 is 5.97 Å². The summed E-state index contributed by atoms with van der Waals surface area (Å²) in [7, 11) is 0. The van der Waals surface area contributed by atoms with Crippen molar-refractivity contribution in [2.75, 3.05) is 13.2 Å². The molecule has 0 amide bonds. The number of nitrogens with zero attached hydrogens (tertiary/aromatic N) is 2. The van der Waals surface area contributed by atoms with E-state index in [0.29, 0.717) is 44.1 Å². The molecular formula is C30H23Br2FN2O4S. The summed E-state index contributed by atoms with van der Waals surface area (Å²) in [6.45, 7) is 4.19. The Morgan fingerprint density at radius 2 is 1.80 bits per heavy atom. The molecule has 3 aromatic carbocycles. The molecule has 6 nitrogen and oxygen atoms in total. The van der Waals surface area contributed by atoms with Crippen LogP contribution in [0.3, 0.4) is 0 Å². The molecule has 2 heterocycles. The Bertz CT molecular complexity index is 1800. The Morgan fingerprint density at radius 3 is 2.48 bits per heavy atom. The molecule has 0 unspecified atom stereocenters. The van der Waals surface area contributed by atoms with Gasteiger partial charge in [-0.2, -0.15) is 0 Å². The number of halogens is 3. The number of esters is 1. The number of thiazole rings is 1. The normalized spacial score (nSPS) is 15.0. The summed E-state index contributed by atoms with van der Waals surface area (Å²) in [6, 6.07) is 17.9. The van der Waals surface area contributed by atoms with E-state index >= 15 is 0 Å². The van der Waals surface area contributed by atoms with Gasteiger partial charge in [0.25, 0.3) is 5.56 Å². The predicted octanol–water partition coefficient (Wildman–Crippen LogP) is 6.00. The van der Waals surface area contributed by atoms with Crippen molar-refractivity contribution < 1.29 is 18.7 Å². The Kier molecular flexibility index (Phi) is 8.48. The van der Waals surface area contributed by atoms with Gasteiger partial charge in [-0.05, 0) is 65.7 Å². The molecular weight excluding hydrogens is 663 g/mol. The van der Waals surface area contributed by atoms with E-state index in [-0.39, 0.29) is 17.7 Å². The van der Waals surface area contributed by atoms with Crippen molar-refractivity contribution in [2.45, 2.75) is 19.9 Å². The highest BCUT2D eigenvalue weighted by atomic mass is 79.9. The monoisotopic (exact) mass is 684 g/mol. The zero-order chi connectivity index (χ0) is 28.4. The summed E-state index contributed by atoms with van der Waals surface area (Å²) in [6.07, 6.45) is 1.75. The topological polar surface area (TPSA) is 69.9 Å². The number of fused-ring (bicyclic) bond motifs is 1. The van der Waals surface area contributed by atoms with Gasteiger partial charge in [0.05, 0.1) is 39.5 Å². The second kappa shape index (κ2) is 12.0. The van der Waals surface area contributed by atoms with Crippen LogP contribution in [0, 0.1) is 5.82 Å². The molecule has 0 aliphatic carbocycles. The predicted molar refractivity (Wildman–Crippen MR) is 160 cm³/mol. The molecule has 1 aliphatic heterocycles. The van der Waals surface area contributed by atoms with Crippen molar-refractivity contribution >= 4 is 60.9 Å². The van der Waals surface area contributed by atoms with Gasteiger partial charge in [-0.3, -0.25) is 9.36 Å². The summed E-state index contributed by atoms with van der Waals surface area (Å²) in [5, 5.41) is 0. The van der Waals surface area contributed by atoms with Gasteiger partial charge in [-0.1, -0.05) is 69.7 Å². The van der Waals surface area contributed by atoms with E-state index in [1.54, 1.807) is 25.1 Å². The highest BCUT2D eigenvalue weighted by Gasteiger charge is 2.35. The summed E-state index contributed by atoms with van der Waals surface area (Å²) >= 11 is 8.26. The lowest BCUT2D eigenvalue weighted by molar-refractivity contribution is -0.138. The molecule has 1 aliphatic rings. The van der Waals surface area contributed by atoms with Crippen molar-refractivity contribution in [3.8, 4) is 5.75 Å². The zero-order valence-electron chi connectivity index (χ0n) is 21.5. The summed E-state index contributed by atoms with van der Waals surface area (Å²) in [4.78, 5) is 32.8. The smallest absolute Gasteiger partial charge is 0.338 e. The summed E-state index contributed by atoms with van der Waals surface area (Å²) < 4.78 is 28.7. The van der Waals surface area contributed by atoms with Crippen LogP contribution >= 0.6 is 43.2 Å². The standard InChI is InChI=1S/C30H23Br2FN2O4S/c1-3-38-27-19(14-20(31)16-22(27)32)15-23-28(36)35-26(18-10-12-21(33)13-11-18)24(29(37)39-4-2)25(34-30(35)40-23)17-8-6-5-7-9-17/h5-16,26H,3-4H2,1-2H3/b23-15-/t26-/m1/s1. The quantitative estimate of drug-likeness (QED) is 0.224. The molecule has 40 heavy (non-hydrogen) atoms. The van der Waals surface area contributed by atoms with Gasteiger partial charge in [0, 0.05) is 15.6 Å². The van der Waals surface area contributed by atoms with Crippen molar-refractivity contribution in [1.82, 2.24) is 4.57 Å². The fourth-order valence-corrected chi connectivity index (χ4v) is 6.89. The lowest BCUT2D eigenvalue weighted by Crippen LogP contribution is -2.40. The summed E-state index contributed by atoms with van der Waals surface area (Å²) in [5.74, 6) is -0.420. The molecule has 0 radical (unpaired) electrons. The minimum Gasteiger partial charge on any atom is -0.492 e. The molecule has 0 bridgehead atoms. The SMILES string of the molecule is CCOC(=O)C1=C(c2ccccc2)N=c2s/c(=C\c3cc(Br)cc(Br)c3OCC)c(=O)n2[C@@H]1c1ccc(F)cc1. The third-order valence-electron chi connectivity index (χ3n) is 6.17. The highest BCUT2D eigenvalue weighted by Crippen LogP contribution is 2.36. The maximum Gasteiger partial charge on any atom is 0.338 e. The van der Waals surface area contributed by atoms with Gasteiger partial charge in [0.15, 0.2) is 4.80 Å². The van der Waals surface area contributed by atoms with Gasteiger partial charge in [0.2, 0.25) is 0 Å². The molecule has 204 valence electrons. The van der Waals surface area contributed by atoms with Crippen LogP contribution in [0.15, 0.2) is 91.0 Å². The van der Waals surface area contributed by atoms with Crippen LogP contribution in [0.5, 0.6) is 5.75 Å². The molecule has 0 saturated carbocycles. The molecule has 1 aromatic heterocycles. The van der Waals surface area contributed by atoms with E-state index < -0.39 is 17.8 Å². The first-order valence-corrected chi connectivity index (χ1v) is 14.9. The van der Waals surface area contributed by atoms with Crippen molar-refractivity contribution in [3.05, 3.63) is 123 Å². The van der Waals surface area contributed by atoms with Crippen LogP contribution in [0.25, 0.3) is 11.8 Å². The second-order valence-corrected chi connectivity index (χ2v) is 11.5. The average Bonchev–Trinajstić information content (AvgIpc) is 3.25. The number of ether oxygens (including phenoxy) is 2. The van der Waals surface area contributed by atoms with Crippen LogP contribution in [0.1, 0.15) is 36.6 Å². The number of carbonyl (C=O) groups excluding carboxylic acids is 1. The number of aromatic nitrogens is 1. The van der Waals surface area contributed by atoms with Crippen molar-refractivity contribution in [1.29, 1.82) is 0 Å². The van der Waals surface area contributed by atoms with Crippen LogP contribution in [-0.2, 0) is 9.53 Å². The molecule has 0 fully saturated rings. The first kappa shape index (κ1) is 28.2. The first-order chi connectivity index (χ1) is 19.3. The fourth-order valence-electron chi connectivity index (χ4n) is 4.53. The molecule has 10 heteroatoms. The lowest BCUT2D eigenvalue weighted by Gasteiger charge is -2.25. The first-order valence-electron chi connectivity index (χ1n) is 12.5. The number of rotatable bonds is 7. The van der Waals surface area contributed by atoms with E-state index in [0.717, 1.165) is 8.95 Å². The Labute approximate surface area is 250 Å². The Morgan fingerprint density at radius 1 is 1.07 bits per heavy atom. The molecule has 0 spiro atoms. The lowest BCUT2D eigenvalue weighted by atomic mass is 9.93. The average molecular weight is 686 g/mol.